The lowest BCUT2D eigenvalue weighted by Gasteiger charge is -2.14. The van der Waals surface area contributed by atoms with Gasteiger partial charge in [-0.2, -0.15) is 0 Å². The molecule has 1 heterocycles. The second-order valence-electron chi connectivity index (χ2n) is 9.34. The van der Waals surface area contributed by atoms with Crippen molar-refractivity contribution in [1.29, 1.82) is 0 Å². The molecule has 2 atom stereocenters. The molecule has 0 spiro atoms. The Morgan fingerprint density at radius 1 is 1.08 bits per heavy atom. The highest BCUT2D eigenvalue weighted by molar-refractivity contribution is 6.06. The number of methoxy groups -OCH3 is 1. The van der Waals surface area contributed by atoms with E-state index in [-0.39, 0.29) is 30.5 Å². The van der Waals surface area contributed by atoms with Gasteiger partial charge in [-0.05, 0) is 54.3 Å². The number of benzene rings is 2. The normalized spacial score (nSPS) is 13.1. The maximum absolute atomic E-state index is 13.8. The number of aliphatic hydroxyl groups is 2. The van der Waals surface area contributed by atoms with E-state index in [2.05, 4.69) is 10.1 Å². The SMILES string of the molecule is CCn1c(/C=C/[C@@H](O)C[C@@H](O)CC(=O)OC)c(-c2ccc(F)cc2)c(C(C)C)c1C(=O)Nc1ccccc1. The maximum atomic E-state index is 13.8. The van der Waals surface area contributed by atoms with Crippen molar-refractivity contribution >= 4 is 23.6 Å². The van der Waals surface area contributed by atoms with Crippen molar-refractivity contribution in [2.45, 2.75) is 58.3 Å². The van der Waals surface area contributed by atoms with Gasteiger partial charge in [0.15, 0.2) is 0 Å². The highest BCUT2D eigenvalue weighted by atomic mass is 19.1. The molecule has 1 amide bonds. The smallest absolute Gasteiger partial charge is 0.308 e. The predicted octanol–water partition coefficient (Wildman–Crippen LogP) is 5.38. The van der Waals surface area contributed by atoms with Crippen LogP contribution in [-0.4, -0.2) is 46.0 Å². The first-order chi connectivity index (χ1) is 18.2. The number of ether oxygens (including phenoxy) is 1. The Labute approximate surface area is 222 Å². The molecular formula is C30H35FN2O5. The van der Waals surface area contributed by atoms with E-state index < -0.39 is 18.2 Å². The van der Waals surface area contributed by atoms with Crippen LogP contribution in [0.5, 0.6) is 0 Å². The van der Waals surface area contributed by atoms with Crippen molar-refractivity contribution < 1.29 is 28.9 Å². The zero-order valence-corrected chi connectivity index (χ0v) is 22.1. The van der Waals surface area contributed by atoms with Crippen molar-refractivity contribution in [3.63, 3.8) is 0 Å². The van der Waals surface area contributed by atoms with Gasteiger partial charge in [0.2, 0.25) is 0 Å². The first kappa shape index (κ1) is 28.8. The Hall–Kier alpha value is -3.75. The first-order valence-electron chi connectivity index (χ1n) is 12.7. The fraction of sp³-hybridized carbons (Fsp3) is 0.333. The molecule has 2 aromatic carbocycles. The summed E-state index contributed by atoms with van der Waals surface area (Å²) >= 11 is 0. The van der Waals surface area contributed by atoms with Gasteiger partial charge >= 0.3 is 5.97 Å². The molecule has 0 aliphatic carbocycles. The summed E-state index contributed by atoms with van der Waals surface area (Å²) in [7, 11) is 1.24. The van der Waals surface area contributed by atoms with Crippen LogP contribution in [-0.2, 0) is 16.1 Å². The van der Waals surface area contributed by atoms with Gasteiger partial charge in [0.1, 0.15) is 11.5 Å². The van der Waals surface area contributed by atoms with Gasteiger partial charge in [0.05, 0.1) is 25.7 Å². The average Bonchev–Trinajstić information content (AvgIpc) is 3.23. The number of rotatable bonds is 11. The quantitative estimate of drug-likeness (QED) is 0.294. The Morgan fingerprint density at radius 2 is 1.74 bits per heavy atom. The van der Waals surface area contributed by atoms with E-state index in [4.69, 9.17) is 0 Å². The number of amides is 1. The highest BCUT2D eigenvalue weighted by Crippen LogP contribution is 2.39. The van der Waals surface area contributed by atoms with Gasteiger partial charge in [0.25, 0.3) is 5.91 Å². The van der Waals surface area contributed by atoms with Gasteiger partial charge in [-0.3, -0.25) is 9.59 Å². The minimum atomic E-state index is -1.07. The number of nitrogens with zero attached hydrogens (tertiary/aromatic N) is 1. The minimum absolute atomic E-state index is 0.0571. The number of carbonyl (C=O) groups is 2. The number of anilines is 1. The molecule has 1 aromatic heterocycles. The largest absolute Gasteiger partial charge is 0.469 e. The average molecular weight is 523 g/mol. The van der Waals surface area contributed by atoms with Gasteiger partial charge in [0, 0.05) is 29.9 Å². The van der Waals surface area contributed by atoms with Crippen LogP contribution in [0.2, 0.25) is 0 Å². The molecule has 3 N–H and O–H groups in total. The number of carbonyl (C=O) groups excluding carboxylic acids is 2. The third-order valence-electron chi connectivity index (χ3n) is 6.23. The number of esters is 1. The fourth-order valence-electron chi connectivity index (χ4n) is 4.52. The maximum Gasteiger partial charge on any atom is 0.308 e. The second-order valence-corrected chi connectivity index (χ2v) is 9.34. The van der Waals surface area contributed by atoms with Crippen molar-refractivity contribution in [1.82, 2.24) is 4.57 Å². The standard InChI is InChI=1S/C30H35FN2O5/c1-5-33-25(16-15-23(34)17-24(35)18-26(36)38-4)28(20-11-13-21(31)14-12-20)27(19(2)3)29(33)30(37)32-22-9-7-6-8-10-22/h6-16,19,23-24,34-35H,5,17-18H2,1-4H3,(H,32,37)/b16-15+/t23-,24-/m1/s1. The molecule has 3 aromatic rings. The molecule has 0 radical (unpaired) electrons. The highest BCUT2D eigenvalue weighted by Gasteiger charge is 2.28. The van der Waals surface area contributed by atoms with E-state index in [0.29, 0.717) is 23.6 Å². The van der Waals surface area contributed by atoms with Crippen LogP contribution in [0.25, 0.3) is 17.2 Å². The number of hydrogen-bond acceptors (Lipinski definition) is 5. The summed E-state index contributed by atoms with van der Waals surface area (Å²) in [5, 5.41) is 23.7. The number of hydrogen-bond donors (Lipinski definition) is 3. The first-order valence-corrected chi connectivity index (χ1v) is 12.7. The van der Waals surface area contributed by atoms with E-state index >= 15 is 0 Å². The molecule has 202 valence electrons. The van der Waals surface area contributed by atoms with Crippen LogP contribution < -0.4 is 5.32 Å². The Balaban J connectivity index is 2.11. The van der Waals surface area contributed by atoms with Crippen LogP contribution >= 0.6 is 0 Å². The number of aromatic nitrogens is 1. The van der Waals surface area contributed by atoms with E-state index in [0.717, 1.165) is 16.7 Å². The fourth-order valence-corrected chi connectivity index (χ4v) is 4.52. The Kier molecular flexibility index (Phi) is 9.98. The Bertz CT molecular complexity index is 1270. The topological polar surface area (TPSA) is 101 Å². The molecule has 0 unspecified atom stereocenters. The second kappa shape index (κ2) is 13.2. The van der Waals surface area contributed by atoms with E-state index in [1.807, 2.05) is 55.7 Å². The summed E-state index contributed by atoms with van der Waals surface area (Å²) in [6.07, 6.45) is 0.813. The molecule has 0 aliphatic rings. The third-order valence-corrected chi connectivity index (χ3v) is 6.23. The van der Waals surface area contributed by atoms with Crippen molar-refractivity contribution in [2.75, 3.05) is 12.4 Å². The molecule has 0 saturated heterocycles. The number of aliphatic hydroxyl groups excluding tert-OH is 2. The molecular weight excluding hydrogens is 487 g/mol. The summed E-state index contributed by atoms with van der Waals surface area (Å²) in [6.45, 7) is 6.37. The summed E-state index contributed by atoms with van der Waals surface area (Å²) in [5.74, 6) is -1.27. The molecule has 3 rings (SSSR count). The monoisotopic (exact) mass is 522 g/mol. The van der Waals surface area contributed by atoms with Crippen molar-refractivity contribution in [3.05, 3.63) is 83.4 Å². The molecule has 0 fully saturated rings. The van der Waals surface area contributed by atoms with Crippen molar-refractivity contribution in [2.24, 2.45) is 0 Å². The van der Waals surface area contributed by atoms with Crippen LogP contribution in [0.1, 0.15) is 61.3 Å². The zero-order valence-electron chi connectivity index (χ0n) is 22.1. The molecule has 0 bridgehead atoms. The number of para-hydroxylation sites is 1. The summed E-state index contributed by atoms with van der Waals surface area (Å²) in [4.78, 5) is 25.1. The molecule has 38 heavy (non-hydrogen) atoms. The molecule has 0 saturated carbocycles. The molecule has 0 aliphatic heterocycles. The van der Waals surface area contributed by atoms with Gasteiger partial charge in [-0.15, -0.1) is 0 Å². The van der Waals surface area contributed by atoms with Crippen LogP contribution in [0.3, 0.4) is 0 Å². The number of nitrogens with one attached hydrogen (secondary N) is 1. The van der Waals surface area contributed by atoms with Crippen molar-refractivity contribution in [3.8, 4) is 11.1 Å². The van der Waals surface area contributed by atoms with Crippen LogP contribution in [0.4, 0.5) is 10.1 Å². The summed E-state index contributed by atoms with van der Waals surface area (Å²) in [5.41, 5.74) is 4.10. The predicted molar refractivity (Wildman–Crippen MR) is 146 cm³/mol. The van der Waals surface area contributed by atoms with Gasteiger partial charge in [-0.25, -0.2) is 4.39 Å². The lowest BCUT2D eigenvalue weighted by molar-refractivity contribution is -0.143. The molecule has 7 nitrogen and oxygen atoms in total. The van der Waals surface area contributed by atoms with Gasteiger partial charge in [-0.1, -0.05) is 50.3 Å². The van der Waals surface area contributed by atoms with Gasteiger partial charge < -0.3 is 24.8 Å². The van der Waals surface area contributed by atoms with E-state index in [1.165, 1.54) is 25.3 Å². The minimum Gasteiger partial charge on any atom is -0.469 e. The van der Waals surface area contributed by atoms with E-state index in [9.17, 15) is 24.2 Å². The summed E-state index contributed by atoms with van der Waals surface area (Å²) < 4.78 is 20.2. The zero-order chi connectivity index (χ0) is 27.8. The van der Waals surface area contributed by atoms with Crippen LogP contribution in [0, 0.1) is 5.82 Å². The van der Waals surface area contributed by atoms with E-state index in [1.54, 1.807) is 18.2 Å². The van der Waals surface area contributed by atoms with Crippen LogP contribution in [0.15, 0.2) is 60.7 Å². The lowest BCUT2D eigenvalue weighted by atomic mass is 9.92. The third kappa shape index (κ3) is 6.96. The Morgan fingerprint density at radius 3 is 2.32 bits per heavy atom. The molecule has 8 heteroatoms. The lowest BCUT2D eigenvalue weighted by Crippen LogP contribution is -2.20. The summed E-state index contributed by atoms with van der Waals surface area (Å²) in [6, 6.07) is 15.3. The number of halogens is 1.